The monoisotopic (exact) mass is 340 g/mol. The molecule has 0 bridgehead atoms. The number of carbonyl (C=O) groups excluding carboxylic acids is 1. The molecule has 1 aliphatic heterocycles. The van der Waals surface area contributed by atoms with Crippen molar-refractivity contribution in [3.8, 4) is 0 Å². The van der Waals surface area contributed by atoms with E-state index < -0.39 is 6.10 Å². The minimum absolute atomic E-state index is 0.0936. The highest BCUT2D eigenvalue weighted by molar-refractivity contribution is 6.06. The summed E-state index contributed by atoms with van der Waals surface area (Å²) in [6, 6.07) is 13.8. The van der Waals surface area contributed by atoms with Crippen molar-refractivity contribution in [1.82, 2.24) is 0 Å². The fourth-order valence-electron chi connectivity index (χ4n) is 2.82. The number of hydrogen-bond donors (Lipinski definition) is 1. The lowest BCUT2D eigenvalue weighted by Gasteiger charge is -2.23. The Morgan fingerprint density at radius 2 is 1.96 bits per heavy atom. The standard InChI is InChI=1S/C20H21FN2O2/c1-20(2,3)15-9-4-5-10-16(15)22-19(24)18-12-17(23-25-18)13-7-6-8-14(21)11-13/h4-11,18H,12H2,1-3H3,(H,22,24)/t18-/m1/s1. The second kappa shape index (κ2) is 6.67. The smallest absolute Gasteiger partial charge is 0.268 e. The summed E-state index contributed by atoms with van der Waals surface area (Å²) in [4.78, 5) is 17.8. The molecule has 2 aromatic carbocycles. The van der Waals surface area contributed by atoms with Crippen LogP contribution in [0.5, 0.6) is 0 Å². The molecule has 4 nitrogen and oxygen atoms in total. The van der Waals surface area contributed by atoms with Gasteiger partial charge in [0.05, 0.1) is 5.71 Å². The lowest BCUT2D eigenvalue weighted by Crippen LogP contribution is -2.29. The van der Waals surface area contributed by atoms with Gasteiger partial charge in [0, 0.05) is 17.7 Å². The molecule has 3 rings (SSSR count). The normalized spacial score (nSPS) is 17.0. The van der Waals surface area contributed by atoms with Crippen LogP contribution < -0.4 is 5.32 Å². The topological polar surface area (TPSA) is 50.7 Å². The number of para-hydroxylation sites is 1. The number of benzene rings is 2. The minimum Gasteiger partial charge on any atom is -0.382 e. The number of oxime groups is 1. The number of hydrogen-bond acceptors (Lipinski definition) is 3. The Morgan fingerprint density at radius 1 is 1.20 bits per heavy atom. The van der Waals surface area contributed by atoms with E-state index in [4.69, 9.17) is 4.84 Å². The Morgan fingerprint density at radius 3 is 2.68 bits per heavy atom. The van der Waals surface area contributed by atoms with Crippen LogP contribution in [-0.4, -0.2) is 17.7 Å². The number of nitrogens with one attached hydrogen (secondary N) is 1. The molecule has 1 amide bonds. The number of rotatable bonds is 3. The van der Waals surface area contributed by atoms with E-state index in [0.29, 0.717) is 17.7 Å². The fourth-order valence-corrected chi connectivity index (χ4v) is 2.82. The van der Waals surface area contributed by atoms with Crippen LogP contribution in [0.1, 0.15) is 38.3 Å². The van der Waals surface area contributed by atoms with E-state index >= 15 is 0 Å². The van der Waals surface area contributed by atoms with Gasteiger partial charge in [-0.2, -0.15) is 0 Å². The van der Waals surface area contributed by atoms with E-state index in [2.05, 4.69) is 31.2 Å². The third-order valence-electron chi connectivity index (χ3n) is 4.11. The van der Waals surface area contributed by atoms with E-state index in [1.807, 2.05) is 24.3 Å². The molecule has 1 atom stereocenters. The van der Waals surface area contributed by atoms with Crippen molar-refractivity contribution in [1.29, 1.82) is 0 Å². The summed E-state index contributed by atoms with van der Waals surface area (Å²) in [7, 11) is 0. The Hall–Kier alpha value is -2.69. The molecule has 25 heavy (non-hydrogen) atoms. The Balaban J connectivity index is 1.71. The van der Waals surface area contributed by atoms with Gasteiger partial charge >= 0.3 is 0 Å². The Kier molecular flexibility index (Phi) is 4.57. The average molecular weight is 340 g/mol. The van der Waals surface area contributed by atoms with Crippen molar-refractivity contribution in [3.05, 3.63) is 65.5 Å². The summed E-state index contributed by atoms with van der Waals surface area (Å²) in [6.07, 6.45) is -0.404. The highest BCUT2D eigenvalue weighted by atomic mass is 19.1. The summed E-state index contributed by atoms with van der Waals surface area (Å²) in [5.41, 5.74) is 2.92. The van der Waals surface area contributed by atoms with E-state index in [0.717, 1.165) is 11.3 Å². The summed E-state index contributed by atoms with van der Waals surface area (Å²) in [6.45, 7) is 6.28. The van der Waals surface area contributed by atoms with Gasteiger partial charge in [0.15, 0.2) is 0 Å². The first kappa shape index (κ1) is 17.1. The molecule has 5 heteroatoms. The molecule has 0 aromatic heterocycles. The maximum Gasteiger partial charge on any atom is 0.268 e. The molecule has 0 radical (unpaired) electrons. The van der Waals surface area contributed by atoms with Gasteiger partial charge in [0.25, 0.3) is 5.91 Å². The SMILES string of the molecule is CC(C)(C)c1ccccc1NC(=O)[C@H]1CC(c2cccc(F)c2)=NO1. The molecule has 1 N–H and O–H groups in total. The molecular formula is C20H21FN2O2. The van der Waals surface area contributed by atoms with Gasteiger partial charge in [0.1, 0.15) is 5.82 Å². The minimum atomic E-state index is -0.716. The maximum atomic E-state index is 13.3. The summed E-state index contributed by atoms with van der Waals surface area (Å²) >= 11 is 0. The summed E-state index contributed by atoms with van der Waals surface area (Å²) < 4.78 is 13.3. The predicted molar refractivity (Wildman–Crippen MR) is 96.2 cm³/mol. The summed E-state index contributed by atoms with van der Waals surface area (Å²) in [5.74, 6) is -0.598. The number of carbonyl (C=O) groups is 1. The zero-order chi connectivity index (χ0) is 18.0. The molecule has 0 aliphatic carbocycles. The Labute approximate surface area is 146 Å². The third kappa shape index (κ3) is 3.87. The molecule has 0 spiro atoms. The summed E-state index contributed by atoms with van der Waals surface area (Å²) in [5, 5.41) is 6.88. The van der Waals surface area contributed by atoms with Crippen molar-refractivity contribution >= 4 is 17.3 Å². The van der Waals surface area contributed by atoms with Crippen LogP contribution in [0.15, 0.2) is 53.7 Å². The first-order chi connectivity index (χ1) is 11.8. The molecule has 0 fully saturated rings. The van der Waals surface area contributed by atoms with Crippen LogP contribution in [0.3, 0.4) is 0 Å². The van der Waals surface area contributed by atoms with Crippen molar-refractivity contribution in [2.24, 2.45) is 5.16 Å². The zero-order valence-corrected chi connectivity index (χ0v) is 14.5. The van der Waals surface area contributed by atoms with Crippen LogP contribution in [0.25, 0.3) is 0 Å². The van der Waals surface area contributed by atoms with Gasteiger partial charge < -0.3 is 10.2 Å². The van der Waals surface area contributed by atoms with E-state index in [9.17, 15) is 9.18 Å². The van der Waals surface area contributed by atoms with Gasteiger partial charge in [-0.15, -0.1) is 0 Å². The quantitative estimate of drug-likeness (QED) is 0.908. The van der Waals surface area contributed by atoms with E-state index in [-0.39, 0.29) is 17.1 Å². The van der Waals surface area contributed by atoms with Gasteiger partial charge in [-0.05, 0) is 29.2 Å². The van der Waals surface area contributed by atoms with Gasteiger partial charge in [-0.1, -0.05) is 56.3 Å². The molecule has 1 heterocycles. The largest absolute Gasteiger partial charge is 0.382 e. The highest BCUT2D eigenvalue weighted by Crippen LogP contribution is 2.29. The predicted octanol–water partition coefficient (Wildman–Crippen LogP) is 4.25. The molecule has 130 valence electrons. The van der Waals surface area contributed by atoms with Crippen molar-refractivity contribution in [2.45, 2.75) is 38.7 Å². The number of nitrogens with zero attached hydrogens (tertiary/aromatic N) is 1. The number of amides is 1. The molecule has 0 saturated carbocycles. The third-order valence-corrected chi connectivity index (χ3v) is 4.11. The van der Waals surface area contributed by atoms with Crippen LogP contribution in [0, 0.1) is 5.82 Å². The number of halogens is 1. The second-order valence-corrected chi connectivity index (χ2v) is 7.13. The van der Waals surface area contributed by atoms with E-state index in [1.165, 1.54) is 12.1 Å². The molecule has 0 saturated heterocycles. The lowest BCUT2D eigenvalue weighted by molar-refractivity contribution is -0.125. The second-order valence-electron chi connectivity index (χ2n) is 7.13. The lowest BCUT2D eigenvalue weighted by atomic mass is 9.86. The van der Waals surface area contributed by atoms with Crippen molar-refractivity contribution < 1.29 is 14.0 Å². The van der Waals surface area contributed by atoms with Crippen molar-refractivity contribution in [2.75, 3.05) is 5.32 Å². The van der Waals surface area contributed by atoms with Crippen LogP contribution in [0.4, 0.5) is 10.1 Å². The molecule has 1 aliphatic rings. The van der Waals surface area contributed by atoms with Crippen LogP contribution in [0.2, 0.25) is 0 Å². The van der Waals surface area contributed by atoms with Gasteiger partial charge in [-0.3, -0.25) is 4.79 Å². The van der Waals surface area contributed by atoms with Crippen LogP contribution in [-0.2, 0) is 15.0 Å². The van der Waals surface area contributed by atoms with Crippen molar-refractivity contribution in [3.63, 3.8) is 0 Å². The fraction of sp³-hybridized carbons (Fsp3) is 0.300. The molecule has 0 unspecified atom stereocenters. The number of anilines is 1. The average Bonchev–Trinajstić information content (AvgIpc) is 3.04. The maximum absolute atomic E-state index is 13.3. The zero-order valence-electron chi connectivity index (χ0n) is 14.5. The molecular weight excluding hydrogens is 319 g/mol. The highest BCUT2D eigenvalue weighted by Gasteiger charge is 2.30. The Bertz CT molecular complexity index is 824. The van der Waals surface area contributed by atoms with Crippen LogP contribution >= 0.6 is 0 Å². The first-order valence-corrected chi connectivity index (χ1v) is 8.23. The van der Waals surface area contributed by atoms with E-state index in [1.54, 1.807) is 12.1 Å². The first-order valence-electron chi connectivity index (χ1n) is 8.23. The van der Waals surface area contributed by atoms with Gasteiger partial charge in [-0.25, -0.2) is 4.39 Å². The molecule has 2 aromatic rings. The van der Waals surface area contributed by atoms with Gasteiger partial charge in [0.2, 0.25) is 6.10 Å².